The third-order valence-corrected chi connectivity index (χ3v) is 17.4. The van der Waals surface area contributed by atoms with Crippen molar-refractivity contribution in [3.63, 3.8) is 0 Å². The Bertz CT molecular complexity index is 5670. The van der Waals surface area contributed by atoms with Crippen LogP contribution in [0.15, 0.2) is 289 Å². The maximum absolute atomic E-state index is 6.78. The van der Waals surface area contributed by atoms with Crippen LogP contribution in [0.3, 0.4) is 0 Å². The van der Waals surface area contributed by atoms with Crippen LogP contribution >= 0.6 is 0 Å². The average Bonchev–Trinajstić information content (AvgIpc) is 1.57. The fraction of sp³-hybridized carbons (Fsp3) is 0.0127. The van der Waals surface area contributed by atoms with Gasteiger partial charge in [0.1, 0.15) is 11.3 Å². The molecule has 0 radical (unpaired) electrons. The van der Waals surface area contributed by atoms with E-state index in [-0.39, 0.29) is 0 Å². The lowest BCUT2D eigenvalue weighted by Crippen LogP contribution is -2.15. The summed E-state index contributed by atoms with van der Waals surface area (Å²) in [5.41, 5.74) is 20.0. The van der Waals surface area contributed by atoms with Crippen molar-refractivity contribution < 1.29 is 8.83 Å². The van der Waals surface area contributed by atoms with Crippen molar-refractivity contribution in [1.29, 1.82) is 0 Å². The Labute approximate surface area is 489 Å². The number of fused-ring (bicyclic) bond motifs is 16. The fourth-order valence-corrected chi connectivity index (χ4v) is 13.8. The highest BCUT2D eigenvalue weighted by molar-refractivity contribution is 6.29. The molecule has 0 saturated heterocycles. The van der Waals surface area contributed by atoms with E-state index in [1.54, 1.807) is 6.08 Å². The molecular weight excluding hydrogens is 1040 g/mol. The van der Waals surface area contributed by atoms with E-state index in [1.165, 1.54) is 70.7 Å². The minimum absolute atomic E-state index is 0.804. The Hall–Kier alpha value is -11.3. The van der Waals surface area contributed by atoms with Gasteiger partial charge in [-0.05, 0) is 115 Å². The molecule has 6 heteroatoms. The van der Waals surface area contributed by atoms with Crippen LogP contribution < -0.4 is 9.80 Å². The van der Waals surface area contributed by atoms with E-state index in [4.69, 9.17) is 8.83 Å². The van der Waals surface area contributed by atoms with Gasteiger partial charge in [-0.3, -0.25) is 0 Å². The first-order valence-electron chi connectivity index (χ1n) is 28.9. The van der Waals surface area contributed by atoms with Gasteiger partial charge in [0.2, 0.25) is 0 Å². The zero-order valence-corrected chi connectivity index (χ0v) is 46.5. The van der Waals surface area contributed by atoms with Crippen molar-refractivity contribution >= 4 is 150 Å². The second kappa shape index (κ2) is 18.9. The average molecular weight is 1090 g/mol. The lowest BCUT2D eigenvalue weighted by molar-refractivity contribution is 0.577. The molecule has 0 unspecified atom stereocenters. The number of hydrogen-bond acceptors (Lipinski definition) is 4. The van der Waals surface area contributed by atoms with E-state index in [1.807, 2.05) is 31.2 Å². The van der Waals surface area contributed by atoms with E-state index < -0.39 is 0 Å². The van der Waals surface area contributed by atoms with E-state index in [2.05, 4.69) is 274 Å². The number of hydrogen-bond donors (Lipinski definition) is 0. The normalized spacial score (nSPS) is 12.6. The maximum atomic E-state index is 6.78. The molecule has 0 atom stereocenters. The summed E-state index contributed by atoms with van der Waals surface area (Å²) in [6.45, 7) is 10.2. The van der Waals surface area contributed by atoms with Crippen molar-refractivity contribution in [2.45, 2.75) is 6.92 Å². The number of anilines is 5. The van der Waals surface area contributed by atoms with Gasteiger partial charge < -0.3 is 27.4 Å². The maximum Gasteiger partial charge on any atom is 0.159 e. The SMILES string of the molecule is C=C/C=C\c1c(C)oc2c(N(C(/C=C/c3ccccc3)=C/C=C)c3ccc4c(c3)c3cccc5c6cc7c(cc6n4c35)c3cccc4c5cc(N(c6cccc(-c8ccccc8)c6)c6cccc8c6oc6ccccc68)ccc5n7c43)cccc12. The largest absolute Gasteiger partial charge is 0.459 e. The van der Waals surface area contributed by atoms with Crippen molar-refractivity contribution in [2.75, 3.05) is 9.80 Å². The topological polar surface area (TPSA) is 41.6 Å². The predicted octanol–water partition coefficient (Wildman–Crippen LogP) is 22.2. The molecule has 0 spiro atoms. The summed E-state index contributed by atoms with van der Waals surface area (Å²) in [6, 6.07) is 83.5. The fourth-order valence-electron chi connectivity index (χ4n) is 13.8. The number of benzene rings is 11. The number of aryl methyl sites for hydroxylation is 1. The van der Waals surface area contributed by atoms with Gasteiger partial charge in [-0.15, -0.1) is 0 Å². The van der Waals surface area contributed by atoms with E-state index >= 15 is 0 Å². The first kappa shape index (κ1) is 48.4. The quantitative estimate of drug-likeness (QED) is 0.114. The molecule has 0 fully saturated rings. The summed E-state index contributed by atoms with van der Waals surface area (Å²) in [7, 11) is 0. The molecule has 17 aromatic rings. The number of allylic oxidation sites excluding steroid dienone is 5. The highest BCUT2D eigenvalue weighted by Gasteiger charge is 2.27. The van der Waals surface area contributed by atoms with Crippen LogP contribution in [0.5, 0.6) is 0 Å². The van der Waals surface area contributed by atoms with Crippen molar-refractivity contribution in [2.24, 2.45) is 0 Å². The van der Waals surface area contributed by atoms with Gasteiger partial charge in [-0.2, -0.15) is 0 Å². The second-order valence-electron chi connectivity index (χ2n) is 22.1. The summed E-state index contributed by atoms with van der Waals surface area (Å²) in [6.07, 6.45) is 14.1. The third kappa shape index (κ3) is 7.25. The van der Waals surface area contributed by atoms with Crippen LogP contribution in [0.25, 0.3) is 132 Å². The van der Waals surface area contributed by atoms with Crippen LogP contribution in [0.1, 0.15) is 16.9 Å². The Morgan fingerprint density at radius 2 is 0.953 bits per heavy atom. The summed E-state index contributed by atoms with van der Waals surface area (Å²) in [5.74, 6) is 0.844. The molecule has 0 aliphatic carbocycles. The molecule has 85 heavy (non-hydrogen) atoms. The molecule has 6 nitrogen and oxygen atoms in total. The molecule has 400 valence electrons. The molecule has 0 aliphatic heterocycles. The molecule has 11 aromatic carbocycles. The van der Waals surface area contributed by atoms with Gasteiger partial charge in [0.25, 0.3) is 0 Å². The first-order chi connectivity index (χ1) is 42.0. The minimum atomic E-state index is 0.804. The van der Waals surface area contributed by atoms with E-state index in [0.717, 1.165) is 101 Å². The highest BCUT2D eigenvalue weighted by Crippen LogP contribution is 2.49. The lowest BCUT2D eigenvalue weighted by atomic mass is 10.0. The Morgan fingerprint density at radius 3 is 1.65 bits per heavy atom. The Kier molecular flexibility index (Phi) is 10.7. The van der Waals surface area contributed by atoms with Crippen molar-refractivity contribution in [3.05, 3.63) is 297 Å². The summed E-state index contributed by atoms with van der Waals surface area (Å²) in [4.78, 5) is 4.67. The highest BCUT2D eigenvalue weighted by atomic mass is 16.3. The standard InChI is InChI=1S/C79H52N4O2/c1-4-6-27-57-49(3)84-78-63(57)33-18-35-71(78)80(53(20-5-2)39-38-50-21-9-7-10-22-50)55-40-42-69-65(45-55)59-29-16-31-61-67-48-74-68(47-73(67)82(69)76(59)61)62-32-17-30-60-66-46-56(41-43-70(66)83(74)77(60)62)81(54-26-15-25-52(44-54)51-23-11-8-12-24-51)72-36-19-34-64-58-28-13-14-37-75(58)85-79(64)72/h4-48H,1-2H2,3H3/b27-6-,39-38+,53-20+. The van der Waals surface area contributed by atoms with Crippen LogP contribution in [0, 0.1) is 6.92 Å². The smallest absolute Gasteiger partial charge is 0.159 e. The zero-order chi connectivity index (χ0) is 56.4. The van der Waals surface area contributed by atoms with Crippen molar-refractivity contribution in [3.8, 4) is 11.1 Å². The van der Waals surface area contributed by atoms with Crippen molar-refractivity contribution in [1.82, 2.24) is 8.80 Å². The van der Waals surface area contributed by atoms with Gasteiger partial charge >= 0.3 is 0 Å². The summed E-state index contributed by atoms with van der Waals surface area (Å²) < 4.78 is 18.5. The second-order valence-corrected chi connectivity index (χ2v) is 22.1. The molecule has 0 aliphatic rings. The molecule has 0 bridgehead atoms. The van der Waals surface area contributed by atoms with Gasteiger partial charge in [-0.25, -0.2) is 0 Å². The number of furan rings is 2. The Morgan fingerprint density at radius 1 is 0.412 bits per heavy atom. The molecule has 17 rings (SSSR count). The molecule has 0 N–H and O–H groups in total. The van der Waals surface area contributed by atoms with Gasteiger partial charge in [-0.1, -0.05) is 195 Å². The van der Waals surface area contributed by atoms with Crippen LogP contribution in [-0.4, -0.2) is 8.80 Å². The van der Waals surface area contributed by atoms with Gasteiger partial charge in [0.05, 0.1) is 44.5 Å². The number of nitrogens with zero attached hydrogens (tertiary/aromatic N) is 4. The number of aromatic nitrogens is 2. The lowest BCUT2D eigenvalue weighted by Gasteiger charge is -2.26. The molecule has 6 aromatic heterocycles. The Balaban J connectivity index is 0.845. The zero-order valence-electron chi connectivity index (χ0n) is 46.5. The molecule has 0 saturated carbocycles. The molecule has 0 amide bonds. The minimum Gasteiger partial charge on any atom is -0.459 e. The molecule has 6 heterocycles. The predicted molar refractivity (Wildman–Crippen MR) is 359 cm³/mol. The van der Waals surface area contributed by atoms with Gasteiger partial charge in [0, 0.05) is 87.6 Å². The van der Waals surface area contributed by atoms with E-state index in [0.29, 0.717) is 0 Å². The van der Waals surface area contributed by atoms with Gasteiger partial charge in [0.15, 0.2) is 11.2 Å². The molecular formula is C79H52N4O2. The number of para-hydroxylation sites is 5. The van der Waals surface area contributed by atoms with Crippen LogP contribution in [0.4, 0.5) is 28.4 Å². The third-order valence-electron chi connectivity index (χ3n) is 17.4. The monoisotopic (exact) mass is 1090 g/mol. The number of rotatable bonds is 12. The van der Waals surface area contributed by atoms with Crippen LogP contribution in [-0.2, 0) is 0 Å². The van der Waals surface area contributed by atoms with E-state index in [9.17, 15) is 0 Å². The summed E-state index contributed by atoms with van der Waals surface area (Å²) >= 11 is 0. The first-order valence-corrected chi connectivity index (χ1v) is 28.9. The van der Waals surface area contributed by atoms with Crippen LogP contribution in [0.2, 0.25) is 0 Å². The summed E-state index contributed by atoms with van der Waals surface area (Å²) in [5, 5.41) is 12.9.